The van der Waals surface area contributed by atoms with Crippen molar-refractivity contribution in [1.82, 2.24) is 10.0 Å². The molecule has 0 saturated heterocycles. The molecule has 5 heteroatoms. The fraction of sp³-hybridized carbons (Fsp3) is 0.250. The lowest BCUT2D eigenvalue weighted by molar-refractivity contribution is 0.245. The number of hydrogen-bond acceptors (Lipinski definition) is 2. The molecule has 3 nitrogen and oxygen atoms in total. The highest BCUT2D eigenvalue weighted by atomic mass is 19.2. The fourth-order valence-corrected chi connectivity index (χ4v) is 0.435. The van der Waals surface area contributed by atoms with E-state index < -0.39 is 10.9 Å². The van der Waals surface area contributed by atoms with E-state index in [9.17, 15) is 8.87 Å². The minimum atomic E-state index is -1.11. The molecule has 1 heterocycles. The molecule has 0 aromatic carbocycles. The Morgan fingerprint density at radius 1 is 1.78 bits per heavy atom. The first-order chi connectivity index (χ1) is 4.25. The molecule has 1 rings (SSSR count). The van der Waals surface area contributed by atoms with Gasteiger partial charge in [0.15, 0.2) is 5.75 Å². The maximum Gasteiger partial charge on any atom is 0.286 e. The molecular weight excluding hydrogens is 130 g/mol. The Labute approximate surface area is 49.8 Å². The van der Waals surface area contributed by atoms with Gasteiger partial charge in [-0.25, -0.2) is 0 Å². The molecule has 0 bridgehead atoms. The first-order valence-corrected chi connectivity index (χ1v) is 2.19. The molecule has 9 heavy (non-hydrogen) atoms. The number of hydrogen-bond donors (Lipinski definition) is 0. The number of aromatic nitrogens is 2. The summed E-state index contributed by atoms with van der Waals surface area (Å²) in [7, 11) is 1.24. The zero-order valence-corrected chi connectivity index (χ0v) is 4.64. The number of nitrogens with zero attached hydrogens (tertiary/aromatic N) is 2. The van der Waals surface area contributed by atoms with Crippen molar-refractivity contribution in [2.75, 3.05) is 7.11 Å². The quantitative estimate of drug-likeness (QED) is 0.567. The van der Waals surface area contributed by atoms with E-state index in [0.29, 0.717) is 0 Å². The van der Waals surface area contributed by atoms with Crippen molar-refractivity contribution in [1.29, 1.82) is 0 Å². The molecule has 1 aromatic heterocycles. The Bertz CT molecular complexity index is 210. The van der Waals surface area contributed by atoms with Gasteiger partial charge in [-0.3, -0.25) is 0 Å². The van der Waals surface area contributed by atoms with Crippen molar-refractivity contribution in [3.8, 4) is 5.75 Å². The fourth-order valence-electron chi connectivity index (χ4n) is 0.435. The summed E-state index contributed by atoms with van der Waals surface area (Å²) in [6, 6.07) is 0. The molecule has 0 saturated carbocycles. The molecule has 0 unspecified atom stereocenters. The third-order valence-electron chi connectivity index (χ3n) is 0.862. The van der Waals surface area contributed by atoms with Gasteiger partial charge in [0.1, 0.15) is 0 Å². The van der Waals surface area contributed by atoms with E-state index in [2.05, 4.69) is 9.84 Å². The van der Waals surface area contributed by atoms with Crippen molar-refractivity contribution in [2.45, 2.75) is 0 Å². The van der Waals surface area contributed by atoms with Crippen molar-refractivity contribution in [3.63, 3.8) is 0 Å². The topological polar surface area (TPSA) is 27.1 Å². The maximum absolute atomic E-state index is 12.2. The zero-order chi connectivity index (χ0) is 6.85. The third-order valence-corrected chi connectivity index (χ3v) is 0.862. The Kier molecular flexibility index (Phi) is 1.33. The van der Waals surface area contributed by atoms with Gasteiger partial charge in [0.2, 0.25) is 0 Å². The van der Waals surface area contributed by atoms with Crippen LogP contribution in [0.25, 0.3) is 0 Å². The Balaban J connectivity index is 3.04. The van der Waals surface area contributed by atoms with Gasteiger partial charge >= 0.3 is 0 Å². The van der Waals surface area contributed by atoms with Crippen molar-refractivity contribution < 1.29 is 13.6 Å². The SMILES string of the molecule is COc1cnn(F)c1F. The van der Waals surface area contributed by atoms with E-state index in [0.717, 1.165) is 6.20 Å². The molecule has 1 aromatic rings. The second kappa shape index (κ2) is 2.00. The highest BCUT2D eigenvalue weighted by Gasteiger charge is 2.08. The minimum absolute atomic E-state index is 0.197. The summed E-state index contributed by atoms with van der Waals surface area (Å²) in [6.07, 6.45) is 0.954. The van der Waals surface area contributed by atoms with Crippen LogP contribution in [0.3, 0.4) is 0 Å². The van der Waals surface area contributed by atoms with Crippen LogP contribution < -0.4 is 4.74 Å². The second-order valence-corrected chi connectivity index (χ2v) is 1.36. The van der Waals surface area contributed by atoms with Gasteiger partial charge in [-0.1, -0.05) is 9.39 Å². The van der Waals surface area contributed by atoms with Gasteiger partial charge < -0.3 is 4.74 Å². The average Bonchev–Trinajstić information content (AvgIpc) is 2.15. The first kappa shape index (κ1) is 6.00. The summed E-state index contributed by atoms with van der Waals surface area (Å²) >= 11 is 0. The highest BCUT2D eigenvalue weighted by molar-refractivity contribution is 5.13. The van der Waals surface area contributed by atoms with Crippen LogP contribution in [0.1, 0.15) is 0 Å². The normalized spacial score (nSPS) is 9.67. The lowest BCUT2D eigenvalue weighted by atomic mass is 10.6. The molecule has 0 aliphatic carbocycles. The molecule has 0 fully saturated rings. The van der Waals surface area contributed by atoms with Gasteiger partial charge in [0, 0.05) is 0 Å². The predicted octanol–water partition coefficient (Wildman–Crippen LogP) is 0.763. The van der Waals surface area contributed by atoms with Crippen LogP contribution >= 0.6 is 0 Å². The zero-order valence-electron chi connectivity index (χ0n) is 4.64. The monoisotopic (exact) mass is 134 g/mol. The van der Waals surface area contributed by atoms with E-state index in [-0.39, 0.29) is 5.75 Å². The molecule has 0 amide bonds. The summed E-state index contributed by atoms with van der Waals surface area (Å²) in [5.74, 6) is -1.31. The average molecular weight is 134 g/mol. The van der Waals surface area contributed by atoms with Crippen LogP contribution in [0.5, 0.6) is 5.75 Å². The van der Waals surface area contributed by atoms with Gasteiger partial charge in [0.05, 0.1) is 13.3 Å². The van der Waals surface area contributed by atoms with Gasteiger partial charge in [-0.05, 0) is 0 Å². The molecule has 0 aliphatic rings. The standard InChI is InChI=1S/C4H4F2N2O/c1-9-3-2-7-8(6)4(3)5/h2H,1H3. The Morgan fingerprint density at radius 3 is 2.67 bits per heavy atom. The van der Waals surface area contributed by atoms with Crippen LogP contribution in [0.15, 0.2) is 6.20 Å². The van der Waals surface area contributed by atoms with Crippen molar-refractivity contribution in [2.24, 2.45) is 0 Å². The molecular formula is C4H4F2N2O. The Morgan fingerprint density at radius 2 is 2.44 bits per heavy atom. The van der Waals surface area contributed by atoms with Crippen molar-refractivity contribution >= 4 is 0 Å². The summed E-state index contributed by atoms with van der Waals surface area (Å²) in [6.45, 7) is 0. The van der Waals surface area contributed by atoms with Gasteiger partial charge in [0.25, 0.3) is 5.95 Å². The summed E-state index contributed by atoms with van der Waals surface area (Å²) in [4.78, 5) is -0.390. The largest absolute Gasteiger partial charge is 0.491 e. The Hall–Kier alpha value is -1.13. The van der Waals surface area contributed by atoms with E-state index in [1.165, 1.54) is 7.11 Å². The molecule has 0 N–H and O–H groups in total. The third kappa shape index (κ3) is 0.847. The number of methoxy groups -OCH3 is 1. The van der Waals surface area contributed by atoms with Gasteiger partial charge in [-0.15, -0.1) is 5.10 Å². The van der Waals surface area contributed by atoms with E-state index >= 15 is 0 Å². The molecule has 0 spiro atoms. The number of halogens is 2. The van der Waals surface area contributed by atoms with Gasteiger partial charge in [-0.2, -0.15) is 4.39 Å². The number of ether oxygens (including phenoxy) is 1. The molecule has 0 atom stereocenters. The van der Waals surface area contributed by atoms with Crippen LogP contribution in [0.4, 0.5) is 8.87 Å². The van der Waals surface area contributed by atoms with E-state index in [1.807, 2.05) is 0 Å². The van der Waals surface area contributed by atoms with Crippen molar-refractivity contribution in [3.05, 3.63) is 12.1 Å². The molecule has 0 radical (unpaired) electrons. The van der Waals surface area contributed by atoms with Crippen LogP contribution in [-0.4, -0.2) is 17.1 Å². The smallest absolute Gasteiger partial charge is 0.286 e. The number of rotatable bonds is 1. The molecule has 50 valence electrons. The van der Waals surface area contributed by atoms with E-state index in [1.54, 1.807) is 0 Å². The lowest BCUT2D eigenvalue weighted by Gasteiger charge is -1.89. The lowest BCUT2D eigenvalue weighted by Crippen LogP contribution is -1.89. The van der Waals surface area contributed by atoms with E-state index in [4.69, 9.17) is 0 Å². The predicted molar refractivity (Wildman–Crippen MR) is 25.2 cm³/mol. The summed E-state index contributed by atoms with van der Waals surface area (Å²) < 4.78 is 28.4. The maximum atomic E-state index is 12.2. The second-order valence-electron chi connectivity index (χ2n) is 1.36. The summed E-state index contributed by atoms with van der Waals surface area (Å²) in [5.41, 5.74) is 0. The first-order valence-electron chi connectivity index (χ1n) is 2.19. The van der Waals surface area contributed by atoms with Crippen LogP contribution in [0, 0.1) is 5.95 Å². The summed E-state index contributed by atoms with van der Waals surface area (Å²) in [5, 5.41) is 2.94. The minimum Gasteiger partial charge on any atom is -0.491 e. The van der Waals surface area contributed by atoms with Crippen LogP contribution in [-0.2, 0) is 0 Å². The molecule has 0 aliphatic heterocycles. The highest BCUT2D eigenvalue weighted by Crippen LogP contribution is 2.13. The van der Waals surface area contributed by atoms with Crippen LogP contribution in [0.2, 0.25) is 0 Å².